The van der Waals surface area contributed by atoms with Crippen LogP contribution in [0.1, 0.15) is 11.3 Å². The lowest BCUT2D eigenvalue weighted by molar-refractivity contribution is 0.122. The molecule has 4 rings (SSSR count). The van der Waals surface area contributed by atoms with Crippen LogP contribution in [0.2, 0.25) is 0 Å². The number of rotatable bonds is 4. The zero-order chi connectivity index (χ0) is 17.9. The number of ether oxygens (including phenoxy) is 1. The normalized spacial score (nSPS) is 14.6. The molecule has 4 heteroatoms. The lowest BCUT2D eigenvalue weighted by Crippen LogP contribution is -2.37. The van der Waals surface area contributed by atoms with Crippen LogP contribution in [0, 0.1) is 6.92 Å². The number of aromatic nitrogens is 1. The Balaban J connectivity index is 1.66. The SMILES string of the molecule is Cc1cc(N(C)Cc2ccccc2N2CCOCC2)c2ccccc2n1. The van der Waals surface area contributed by atoms with Crippen molar-refractivity contribution in [2.75, 3.05) is 43.2 Å². The van der Waals surface area contributed by atoms with Crippen LogP contribution in [-0.2, 0) is 11.3 Å². The minimum absolute atomic E-state index is 0.804. The summed E-state index contributed by atoms with van der Waals surface area (Å²) in [6.07, 6.45) is 0. The number of anilines is 2. The Morgan fingerprint density at radius 3 is 2.62 bits per heavy atom. The van der Waals surface area contributed by atoms with Crippen molar-refractivity contribution in [1.29, 1.82) is 0 Å². The molecule has 2 aromatic carbocycles. The molecule has 0 spiro atoms. The van der Waals surface area contributed by atoms with Crippen molar-refractivity contribution in [3.05, 3.63) is 65.9 Å². The van der Waals surface area contributed by atoms with Gasteiger partial charge in [0.1, 0.15) is 0 Å². The van der Waals surface area contributed by atoms with Crippen molar-refractivity contribution in [3.63, 3.8) is 0 Å². The predicted molar refractivity (Wildman–Crippen MR) is 108 cm³/mol. The molecule has 1 aliphatic heterocycles. The number of nitrogens with zero attached hydrogens (tertiary/aromatic N) is 3. The monoisotopic (exact) mass is 347 g/mol. The summed E-state index contributed by atoms with van der Waals surface area (Å²) in [5, 5.41) is 1.20. The third-order valence-electron chi connectivity index (χ3n) is 4.98. The first kappa shape index (κ1) is 16.9. The first-order valence-corrected chi connectivity index (χ1v) is 9.20. The average Bonchev–Trinajstić information content (AvgIpc) is 2.68. The first-order chi connectivity index (χ1) is 12.7. The number of hydrogen-bond acceptors (Lipinski definition) is 4. The van der Waals surface area contributed by atoms with Gasteiger partial charge in [0, 0.05) is 49.1 Å². The number of benzene rings is 2. The van der Waals surface area contributed by atoms with Gasteiger partial charge in [0.15, 0.2) is 0 Å². The molecule has 0 atom stereocenters. The quantitative estimate of drug-likeness (QED) is 0.713. The van der Waals surface area contributed by atoms with Gasteiger partial charge >= 0.3 is 0 Å². The summed E-state index contributed by atoms with van der Waals surface area (Å²) >= 11 is 0. The molecule has 0 aliphatic carbocycles. The van der Waals surface area contributed by atoms with E-state index >= 15 is 0 Å². The van der Waals surface area contributed by atoms with Gasteiger partial charge in [-0.05, 0) is 30.7 Å². The van der Waals surface area contributed by atoms with Gasteiger partial charge in [-0.2, -0.15) is 0 Å². The highest BCUT2D eigenvalue weighted by Crippen LogP contribution is 2.29. The molecular formula is C22H25N3O. The minimum Gasteiger partial charge on any atom is -0.378 e. The second-order valence-corrected chi connectivity index (χ2v) is 6.88. The van der Waals surface area contributed by atoms with Crippen molar-refractivity contribution in [2.24, 2.45) is 0 Å². The maximum Gasteiger partial charge on any atom is 0.0726 e. The smallest absolute Gasteiger partial charge is 0.0726 e. The molecule has 1 aliphatic rings. The van der Waals surface area contributed by atoms with Crippen LogP contribution in [-0.4, -0.2) is 38.3 Å². The van der Waals surface area contributed by atoms with Gasteiger partial charge in [-0.15, -0.1) is 0 Å². The molecule has 0 unspecified atom stereocenters. The van der Waals surface area contributed by atoms with Crippen LogP contribution in [0.5, 0.6) is 0 Å². The fourth-order valence-electron chi connectivity index (χ4n) is 3.70. The zero-order valence-electron chi connectivity index (χ0n) is 15.5. The highest BCUT2D eigenvalue weighted by Gasteiger charge is 2.16. The van der Waals surface area contributed by atoms with Crippen molar-refractivity contribution < 1.29 is 4.74 Å². The Bertz CT molecular complexity index is 903. The molecule has 2 heterocycles. The molecule has 0 bridgehead atoms. The average molecular weight is 347 g/mol. The molecule has 1 aromatic heterocycles. The van der Waals surface area contributed by atoms with E-state index in [1.807, 2.05) is 6.07 Å². The van der Waals surface area contributed by atoms with Crippen LogP contribution < -0.4 is 9.80 Å². The molecule has 0 radical (unpaired) electrons. The van der Waals surface area contributed by atoms with E-state index in [0.717, 1.165) is 44.1 Å². The number of pyridine rings is 1. The molecule has 1 fully saturated rings. The summed E-state index contributed by atoms with van der Waals surface area (Å²) < 4.78 is 5.51. The Labute approximate surface area is 155 Å². The number of hydrogen-bond donors (Lipinski definition) is 0. The van der Waals surface area contributed by atoms with Gasteiger partial charge in [0.25, 0.3) is 0 Å². The maximum absolute atomic E-state index is 5.51. The molecule has 134 valence electrons. The van der Waals surface area contributed by atoms with E-state index in [1.165, 1.54) is 22.3 Å². The third-order valence-corrected chi connectivity index (χ3v) is 4.98. The van der Waals surface area contributed by atoms with E-state index < -0.39 is 0 Å². The largest absolute Gasteiger partial charge is 0.378 e. The Morgan fingerprint density at radius 1 is 1.04 bits per heavy atom. The maximum atomic E-state index is 5.51. The van der Waals surface area contributed by atoms with Gasteiger partial charge in [0.2, 0.25) is 0 Å². The van der Waals surface area contributed by atoms with Crippen molar-refractivity contribution in [3.8, 4) is 0 Å². The fourth-order valence-corrected chi connectivity index (χ4v) is 3.70. The first-order valence-electron chi connectivity index (χ1n) is 9.20. The second kappa shape index (κ2) is 7.34. The highest BCUT2D eigenvalue weighted by molar-refractivity contribution is 5.91. The molecule has 26 heavy (non-hydrogen) atoms. The van der Waals surface area contributed by atoms with Gasteiger partial charge in [-0.25, -0.2) is 0 Å². The summed E-state index contributed by atoms with van der Waals surface area (Å²) in [4.78, 5) is 9.43. The number of morpholine rings is 1. The lowest BCUT2D eigenvalue weighted by atomic mass is 10.1. The molecule has 1 saturated heterocycles. The van der Waals surface area contributed by atoms with E-state index in [0.29, 0.717) is 0 Å². The van der Waals surface area contributed by atoms with E-state index in [1.54, 1.807) is 0 Å². The molecule has 0 amide bonds. The van der Waals surface area contributed by atoms with E-state index in [9.17, 15) is 0 Å². The summed E-state index contributed by atoms with van der Waals surface area (Å²) in [5.41, 5.74) is 5.99. The van der Waals surface area contributed by atoms with Crippen LogP contribution in [0.4, 0.5) is 11.4 Å². The van der Waals surface area contributed by atoms with Crippen molar-refractivity contribution in [2.45, 2.75) is 13.5 Å². The van der Waals surface area contributed by atoms with Crippen LogP contribution in [0.3, 0.4) is 0 Å². The summed E-state index contributed by atoms with van der Waals surface area (Å²) in [6, 6.07) is 19.3. The van der Waals surface area contributed by atoms with E-state index in [2.05, 4.69) is 77.3 Å². The second-order valence-electron chi connectivity index (χ2n) is 6.88. The Morgan fingerprint density at radius 2 is 1.77 bits per heavy atom. The molecule has 4 nitrogen and oxygen atoms in total. The summed E-state index contributed by atoms with van der Waals surface area (Å²) in [5.74, 6) is 0. The third kappa shape index (κ3) is 3.37. The van der Waals surface area contributed by atoms with Crippen molar-refractivity contribution in [1.82, 2.24) is 4.98 Å². The van der Waals surface area contributed by atoms with Crippen molar-refractivity contribution >= 4 is 22.3 Å². The predicted octanol–water partition coefficient (Wildman–Crippen LogP) is 4.02. The van der Waals surface area contributed by atoms with Gasteiger partial charge < -0.3 is 14.5 Å². The summed E-state index contributed by atoms with van der Waals surface area (Å²) in [6.45, 7) is 6.44. The lowest BCUT2D eigenvalue weighted by Gasteiger charge is -2.32. The summed E-state index contributed by atoms with van der Waals surface area (Å²) in [7, 11) is 2.16. The number of aryl methyl sites for hydroxylation is 1. The molecule has 3 aromatic rings. The van der Waals surface area contributed by atoms with Crippen LogP contribution in [0.25, 0.3) is 10.9 Å². The standard InChI is InChI=1S/C22H25N3O/c1-17-15-22(19-8-4-5-9-20(19)23-17)24(2)16-18-7-3-6-10-21(18)25-11-13-26-14-12-25/h3-10,15H,11-14,16H2,1-2H3. The molecule has 0 N–H and O–H groups in total. The number of para-hydroxylation sites is 2. The minimum atomic E-state index is 0.804. The fraction of sp³-hybridized carbons (Fsp3) is 0.318. The van der Waals surface area contributed by atoms with Crippen LogP contribution >= 0.6 is 0 Å². The number of fused-ring (bicyclic) bond motifs is 1. The van der Waals surface area contributed by atoms with E-state index in [-0.39, 0.29) is 0 Å². The zero-order valence-corrected chi connectivity index (χ0v) is 15.5. The highest BCUT2D eigenvalue weighted by atomic mass is 16.5. The van der Waals surface area contributed by atoms with E-state index in [4.69, 9.17) is 4.74 Å². The van der Waals surface area contributed by atoms with Gasteiger partial charge in [0.05, 0.1) is 18.7 Å². The Kier molecular flexibility index (Phi) is 4.76. The van der Waals surface area contributed by atoms with Crippen LogP contribution in [0.15, 0.2) is 54.6 Å². The van der Waals surface area contributed by atoms with Gasteiger partial charge in [-0.1, -0.05) is 36.4 Å². The topological polar surface area (TPSA) is 28.6 Å². The van der Waals surface area contributed by atoms with Gasteiger partial charge in [-0.3, -0.25) is 4.98 Å². The molecule has 0 saturated carbocycles. The Hall–Kier alpha value is -2.59. The molecular weight excluding hydrogens is 322 g/mol.